The van der Waals surface area contributed by atoms with Gasteiger partial charge in [-0.1, -0.05) is 12.1 Å². The Morgan fingerprint density at radius 1 is 0.639 bits per heavy atom. The first-order chi connectivity index (χ1) is 17.3. The molecule has 3 nitrogen and oxygen atoms in total. The Bertz CT molecular complexity index is 1250. The van der Waals surface area contributed by atoms with E-state index in [1.807, 2.05) is 0 Å². The Morgan fingerprint density at radius 3 is 1.72 bits per heavy atom. The maximum absolute atomic E-state index is 15.0. The smallest absolute Gasteiger partial charge is 0.201 e. The lowest BCUT2D eigenvalue weighted by atomic mass is 9.88. The molecule has 192 valence electrons. The van der Waals surface area contributed by atoms with Crippen LogP contribution in [-0.4, -0.2) is 19.8 Å². The van der Waals surface area contributed by atoms with Crippen molar-refractivity contribution in [1.82, 2.24) is 0 Å². The van der Waals surface area contributed by atoms with Crippen molar-refractivity contribution in [2.75, 3.05) is 19.8 Å². The monoisotopic (exact) mass is 510 g/mol. The quantitative estimate of drug-likeness (QED) is 0.306. The van der Waals surface area contributed by atoms with Crippen LogP contribution in [0.1, 0.15) is 49.8 Å². The summed E-state index contributed by atoms with van der Waals surface area (Å²) in [6, 6.07) is 7.46. The third kappa shape index (κ3) is 4.76. The van der Waals surface area contributed by atoms with Crippen LogP contribution in [0.3, 0.4) is 0 Å². The van der Waals surface area contributed by atoms with E-state index in [0.717, 1.165) is 12.1 Å². The van der Waals surface area contributed by atoms with Gasteiger partial charge >= 0.3 is 0 Å². The highest BCUT2D eigenvalue weighted by atomic mass is 19.2. The van der Waals surface area contributed by atoms with Crippen molar-refractivity contribution in [1.29, 1.82) is 0 Å². The molecule has 0 spiro atoms. The summed E-state index contributed by atoms with van der Waals surface area (Å²) in [4.78, 5) is 0. The molecule has 2 atom stereocenters. The Morgan fingerprint density at radius 2 is 1.14 bits per heavy atom. The first-order valence-electron chi connectivity index (χ1n) is 11.6. The predicted molar refractivity (Wildman–Crippen MR) is 121 cm³/mol. The van der Waals surface area contributed by atoms with Crippen LogP contribution in [0.15, 0.2) is 36.4 Å². The maximum atomic E-state index is 15.0. The second-order valence-electron chi connectivity index (χ2n) is 8.31. The molecule has 1 saturated heterocycles. The predicted octanol–water partition coefficient (Wildman–Crippen LogP) is 7.62. The molecule has 1 heterocycles. The Balaban J connectivity index is 1.53. The topological polar surface area (TPSA) is 27.7 Å². The van der Waals surface area contributed by atoms with Gasteiger partial charge in [0.05, 0.1) is 25.9 Å². The highest BCUT2D eigenvalue weighted by Gasteiger charge is 2.31. The summed E-state index contributed by atoms with van der Waals surface area (Å²) in [7, 11) is 0. The van der Waals surface area contributed by atoms with E-state index in [0.29, 0.717) is 6.42 Å². The summed E-state index contributed by atoms with van der Waals surface area (Å²) in [6.07, 6.45) is -0.225. The van der Waals surface area contributed by atoms with Gasteiger partial charge in [0.15, 0.2) is 34.8 Å². The number of hydrogen-bond acceptors (Lipinski definition) is 3. The maximum Gasteiger partial charge on any atom is 0.201 e. The third-order valence-electron chi connectivity index (χ3n) is 6.19. The van der Waals surface area contributed by atoms with E-state index < -0.39 is 58.1 Å². The van der Waals surface area contributed by atoms with E-state index in [1.165, 1.54) is 24.3 Å². The van der Waals surface area contributed by atoms with Crippen LogP contribution >= 0.6 is 0 Å². The molecule has 0 aromatic heterocycles. The van der Waals surface area contributed by atoms with Crippen LogP contribution in [-0.2, 0) is 4.74 Å². The summed E-state index contributed by atoms with van der Waals surface area (Å²) in [5, 5.41) is 0. The number of hydrogen-bond donors (Lipinski definition) is 0. The zero-order chi connectivity index (χ0) is 26.0. The number of halogens is 6. The van der Waals surface area contributed by atoms with E-state index in [4.69, 9.17) is 14.2 Å². The average Bonchev–Trinajstić information content (AvgIpc) is 2.88. The molecule has 0 saturated carbocycles. The number of ether oxygens (including phenoxy) is 3. The average molecular weight is 510 g/mol. The molecule has 0 N–H and O–H groups in total. The third-order valence-corrected chi connectivity index (χ3v) is 6.19. The van der Waals surface area contributed by atoms with Crippen LogP contribution in [0.2, 0.25) is 0 Å². The highest BCUT2D eigenvalue weighted by Crippen LogP contribution is 2.40. The molecule has 3 aromatic carbocycles. The molecule has 2 unspecified atom stereocenters. The summed E-state index contributed by atoms with van der Waals surface area (Å²) in [6.45, 7) is 3.47. The summed E-state index contributed by atoms with van der Waals surface area (Å²) in [5.74, 6) is -8.44. The van der Waals surface area contributed by atoms with Gasteiger partial charge in [-0.2, -0.15) is 8.78 Å². The van der Waals surface area contributed by atoms with Crippen LogP contribution < -0.4 is 9.47 Å². The molecule has 4 rings (SSSR count). The van der Waals surface area contributed by atoms with Crippen LogP contribution in [0.5, 0.6) is 11.5 Å². The van der Waals surface area contributed by atoms with Crippen LogP contribution in [0, 0.1) is 34.9 Å². The molecular weight excluding hydrogens is 486 g/mol. The minimum atomic E-state index is -1.35. The van der Waals surface area contributed by atoms with Crippen molar-refractivity contribution in [3.05, 3.63) is 82.4 Å². The van der Waals surface area contributed by atoms with Crippen LogP contribution in [0.4, 0.5) is 26.3 Å². The fraction of sp³-hybridized carbons (Fsp3) is 0.333. The van der Waals surface area contributed by atoms with Gasteiger partial charge in [-0.25, -0.2) is 17.6 Å². The van der Waals surface area contributed by atoms with E-state index in [1.54, 1.807) is 13.8 Å². The van der Waals surface area contributed by atoms with Gasteiger partial charge in [-0.3, -0.25) is 0 Å². The zero-order valence-electron chi connectivity index (χ0n) is 19.6. The first-order valence-corrected chi connectivity index (χ1v) is 11.6. The van der Waals surface area contributed by atoms with Gasteiger partial charge in [0.1, 0.15) is 0 Å². The van der Waals surface area contributed by atoms with Crippen molar-refractivity contribution in [3.63, 3.8) is 0 Å². The lowest BCUT2D eigenvalue weighted by molar-refractivity contribution is -0.000718. The minimum absolute atomic E-state index is 0.000127. The first kappa shape index (κ1) is 25.9. The molecule has 0 amide bonds. The molecule has 9 heteroatoms. The fourth-order valence-electron chi connectivity index (χ4n) is 4.40. The molecule has 3 aromatic rings. The van der Waals surface area contributed by atoms with Gasteiger partial charge < -0.3 is 14.2 Å². The van der Waals surface area contributed by atoms with E-state index in [-0.39, 0.29) is 48.9 Å². The van der Waals surface area contributed by atoms with E-state index >= 15 is 4.39 Å². The second-order valence-corrected chi connectivity index (χ2v) is 8.31. The minimum Gasteiger partial charge on any atom is -0.491 e. The molecule has 1 aliphatic rings. The zero-order valence-corrected chi connectivity index (χ0v) is 19.6. The largest absolute Gasteiger partial charge is 0.491 e. The molecule has 0 aliphatic carbocycles. The fourth-order valence-corrected chi connectivity index (χ4v) is 4.40. The summed E-state index contributed by atoms with van der Waals surface area (Å²) in [5.41, 5.74) is -0.853. The van der Waals surface area contributed by atoms with E-state index in [9.17, 15) is 22.0 Å². The Labute approximate surface area is 204 Å². The summed E-state index contributed by atoms with van der Waals surface area (Å²) >= 11 is 0. The van der Waals surface area contributed by atoms with Gasteiger partial charge in [0, 0.05) is 22.6 Å². The van der Waals surface area contributed by atoms with Crippen molar-refractivity contribution in [3.8, 4) is 22.6 Å². The molecule has 1 aliphatic heterocycles. The highest BCUT2D eigenvalue weighted by molar-refractivity contribution is 5.66. The molecule has 36 heavy (non-hydrogen) atoms. The lowest BCUT2D eigenvalue weighted by Crippen LogP contribution is -2.21. The second kappa shape index (κ2) is 10.8. The lowest BCUT2D eigenvalue weighted by Gasteiger charge is -2.30. The standard InChI is InChI=1S/C27H24F6O3/c1-3-34-20-11-8-17(24(30)26(20)32)16-7-6-15(22(28)23(16)29)14-5-10-19(36-13-14)18-9-12-21(35-4-2)27(33)25(18)31/h6-9,11-12,14,19H,3-5,10,13H2,1-2H3. The van der Waals surface area contributed by atoms with Crippen molar-refractivity contribution in [2.24, 2.45) is 0 Å². The van der Waals surface area contributed by atoms with Crippen molar-refractivity contribution < 1.29 is 40.6 Å². The Hall–Kier alpha value is -3.20. The summed E-state index contributed by atoms with van der Waals surface area (Å²) < 4.78 is 103. The number of rotatable bonds is 7. The van der Waals surface area contributed by atoms with Gasteiger partial charge in [0.2, 0.25) is 11.6 Å². The SMILES string of the molecule is CCOc1ccc(-c2ccc(C3CCC(c4ccc(OCC)c(F)c4F)OC3)c(F)c2F)c(F)c1F. The van der Waals surface area contributed by atoms with Gasteiger partial charge in [-0.05, 0) is 56.5 Å². The normalized spacial score (nSPS) is 17.8. The number of benzene rings is 3. The van der Waals surface area contributed by atoms with E-state index in [2.05, 4.69) is 0 Å². The molecular formula is C27H24F6O3. The molecule has 0 radical (unpaired) electrons. The molecule has 0 bridgehead atoms. The van der Waals surface area contributed by atoms with Crippen LogP contribution in [0.25, 0.3) is 11.1 Å². The van der Waals surface area contributed by atoms with Crippen molar-refractivity contribution >= 4 is 0 Å². The molecule has 1 fully saturated rings. The Kier molecular flexibility index (Phi) is 7.78. The van der Waals surface area contributed by atoms with Gasteiger partial charge in [-0.15, -0.1) is 0 Å². The van der Waals surface area contributed by atoms with Crippen molar-refractivity contribution in [2.45, 2.75) is 38.7 Å². The van der Waals surface area contributed by atoms with Gasteiger partial charge in [0.25, 0.3) is 0 Å².